The molecule has 4 heteroatoms. The third-order valence-corrected chi connectivity index (χ3v) is 4.62. The number of aliphatic carboxylic acids is 1. The van der Waals surface area contributed by atoms with Gasteiger partial charge < -0.3 is 5.11 Å². The van der Waals surface area contributed by atoms with Crippen molar-refractivity contribution in [2.45, 2.75) is 43.8 Å². The van der Waals surface area contributed by atoms with Crippen molar-refractivity contribution in [3.05, 3.63) is 35.9 Å². The van der Waals surface area contributed by atoms with Gasteiger partial charge in [0, 0.05) is 18.6 Å². The lowest BCUT2D eigenvalue weighted by molar-refractivity contribution is -0.140. The monoisotopic (exact) mass is 274 g/mol. The van der Waals surface area contributed by atoms with Gasteiger partial charge in [-0.1, -0.05) is 36.8 Å². The first kappa shape index (κ1) is 13.6. The topological polar surface area (TPSA) is 52.6 Å². The number of nitrogens with zero attached hydrogens (tertiary/aromatic N) is 1. The zero-order valence-electron chi connectivity index (χ0n) is 11.7. The Balaban J connectivity index is 1.72. The van der Waals surface area contributed by atoms with Gasteiger partial charge in [-0.15, -0.1) is 0 Å². The summed E-state index contributed by atoms with van der Waals surface area (Å²) in [7, 11) is 0. The second kappa shape index (κ2) is 5.94. The Hall–Kier alpha value is -1.39. The summed E-state index contributed by atoms with van der Waals surface area (Å²) in [6, 6.07) is 9.72. The highest BCUT2D eigenvalue weighted by molar-refractivity contribution is 5.75. The molecular formula is C16H22N2O2. The molecule has 2 fully saturated rings. The number of piperidine rings is 1. The van der Waals surface area contributed by atoms with E-state index in [1.807, 2.05) is 30.3 Å². The maximum Gasteiger partial charge on any atom is 0.325 e. The molecule has 4 nitrogen and oxygen atoms in total. The number of carbonyl (C=O) groups is 1. The molecule has 2 N–H and O–H groups in total. The van der Waals surface area contributed by atoms with Crippen LogP contribution in [0.4, 0.5) is 0 Å². The lowest BCUT2D eigenvalue weighted by Gasteiger charge is -2.33. The van der Waals surface area contributed by atoms with Gasteiger partial charge in [0.15, 0.2) is 0 Å². The molecule has 2 saturated heterocycles. The minimum atomic E-state index is -0.787. The van der Waals surface area contributed by atoms with Gasteiger partial charge in [0.1, 0.15) is 6.04 Å². The maximum atomic E-state index is 11.6. The van der Waals surface area contributed by atoms with Gasteiger partial charge in [-0.05, 0) is 31.4 Å². The van der Waals surface area contributed by atoms with Gasteiger partial charge in [-0.25, -0.2) is 0 Å². The van der Waals surface area contributed by atoms with Gasteiger partial charge in [0.25, 0.3) is 0 Å². The average Bonchev–Trinajstić information content (AvgIpc) is 2.88. The number of carboxylic acid groups (broad SMARTS) is 1. The first-order valence-electron chi connectivity index (χ1n) is 7.53. The zero-order chi connectivity index (χ0) is 13.9. The van der Waals surface area contributed by atoms with Crippen molar-refractivity contribution in [2.24, 2.45) is 0 Å². The zero-order valence-corrected chi connectivity index (χ0v) is 11.7. The molecule has 0 amide bonds. The molecule has 3 unspecified atom stereocenters. The van der Waals surface area contributed by atoms with E-state index in [0.29, 0.717) is 12.1 Å². The first-order valence-corrected chi connectivity index (χ1v) is 7.53. The van der Waals surface area contributed by atoms with Gasteiger partial charge in [0.2, 0.25) is 0 Å². The van der Waals surface area contributed by atoms with E-state index in [-0.39, 0.29) is 0 Å². The van der Waals surface area contributed by atoms with Crippen LogP contribution in [0.15, 0.2) is 30.3 Å². The number of carboxylic acids is 1. The van der Waals surface area contributed by atoms with Gasteiger partial charge in [-0.3, -0.25) is 15.0 Å². The average molecular weight is 274 g/mol. The van der Waals surface area contributed by atoms with Crippen molar-refractivity contribution in [2.75, 3.05) is 13.1 Å². The molecule has 1 aromatic carbocycles. The van der Waals surface area contributed by atoms with Crippen molar-refractivity contribution < 1.29 is 9.90 Å². The number of fused-ring (bicyclic) bond motifs is 1. The van der Waals surface area contributed by atoms with Crippen LogP contribution >= 0.6 is 0 Å². The molecule has 2 aliphatic rings. The molecule has 0 aliphatic carbocycles. The van der Waals surface area contributed by atoms with Crippen LogP contribution in [0.1, 0.15) is 37.3 Å². The highest BCUT2D eigenvalue weighted by atomic mass is 16.4. The quantitative estimate of drug-likeness (QED) is 0.882. The van der Waals surface area contributed by atoms with Gasteiger partial charge >= 0.3 is 5.97 Å². The van der Waals surface area contributed by atoms with Crippen molar-refractivity contribution in [3.8, 4) is 0 Å². The lowest BCUT2D eigenvalue weighted by Crippen LogP contribution is -2.47. The summed E-state index contributed by atoms with van der Waals surface area (Å²) in [5, 5.41) is 12.9. The molecule has 108 valence electrons. The largest absolute Gasteiger partial charge is 0.480 e. The molecule has 20 heavy (non-hydrogen) atoms. The van der Waals surface area contributed by atoms with E-state index >= 15 is 0 Å². The highest BCUT2D eigenvalue weighted by Crippen LogP contribution is 2.29. The summed E-state index contributed by atoms with van der Waals surface area (Å²) in [6.45, 7) is 2.27. The Kier molecular flexibility index (Phi) is 4.03. The number of nitrogens with one attached hydrogen (secondary N) is 1. The Morgan fingerprint density at radius 1 is 1.20 bits per heavy atom. The predicted molar refractivity (Wildman–Crippen MR) is 77.6 cm³/mol. The molecular weight excluding hydrogens is 252 g/mol. The van der Waals surface area contributed by atoms with Crippen LogP contribution in [0.2, 0.25) is 0 Å². The number of hydrogen-bond donors (Lipinski definition) is 2. The van der Waals surface area contributed by atoms with Gasteiger partial charge in [0.05, 0.1) is 0 Å². The molecule has 2 aliphatic heterocycles. The fraction of sp³-hybridized carbons (Fsp3) is 0.562. The summed E-state index contributed by atoms with van der Waals surface area (Å²) in [5.74, 6) is -0.787. The van der Waals surface area contributed by atoms with E-state index in [9.17, 15) is 9.90 Å². The summed E-state index contributed by atoms with van der Waals surface area (Å²) < 4.78 is 0. The lowest BCUT2D eigenvalue weighted by atomic mass is 9.97. The summed E-state index contributed by atoms with van der Waals surface area (Å²) in [4.78, 5) is 14.1. The number of rotatable bonds is 4. The minimum absolute atomic E-state index is 0.302. The van der Waals surface area contributed by atoms with Crippen LogP contribution in [-0.4, -0.2) is 41.1 Å². The van der Waals surface area contributed by atoms with E-state index in [0.717, 1.165) is 18.5 Å². The summed E-state index contributed by atoms with van der Waals surface area (Å²) in [6.07, 6.45) is 4.80. The van der Waals surface area contributed by atoms with Crippen molar-refractivity contribution in [1.29, 1.82) is 0 Å². The van der Waals surface area contributed by atoms with Crippen LogP contribution in [0.5, 0.6) is 0 Å². The fourth-order valence-electron chi connectivity index (χ4n) is 3.61. The molecule has 0 saturated carbocycles. The van der Waals surface area contributed by atoms with E-state index < -0.39 is 12.0 Å². The van der Waals surface area contributed by atoms with Crippen molar-refractivity contribution in [3.63, 3.8) is 0 Å². The second-order valence-electron chi connectivity index (χ2n) is 5.84. The third kappa shape index (κ3) is 2.72. The number of benzene rings is 1. The molecule has 1 aromatic rings. The van der Waals surface area contributed by atoms with Crippen LogP contribution in [0.25, 0.3) is 0 Å². The van der Waals surface area contributed by atoms with E-state index in [4.69, 9.17) is 0 Å². The van der Waals surface area contributed by atoms with Crippen LogP contribution in [0, 0.1) is 0 Å². The Bertz CT molecular complexity index is 463. The van der Waals surface area contributed by atoms with Crippen molar-refractivity contribution >= 4 is 5.97 Å². The maximum absolute atomic E-state index is 11.6. The smallest absolute Gasteiger partial charge is 0.325 e. The van der Waals surface area contributed by atoms with Gasteiger partial charge in [-0.2, -0.15) is 0 Å². The fourth-order valence-corrected chi connectivity index (χ4v) is 3.61. The Labute approximate surface area is 119 Å². The summed E-state index contributed by atoms with van der Waals surface area (Å²) >= 11 is 0. The Morgan fingerprint density at radius 3 is 2.75 bits per heavy atom. The van der Waals surface area contributed by atoms with Crippen molar-refractivity contribution in [1.82, 2.24) is 10.2 Å². The molecule has 0 bridgehead atoms. The second-order valence-corrected chi connectivity index (χ2v) is 5.84. The first-order chi connectivity index (χ1) is 9.75. The third-order valence-electron chi connectivity index (χ3n) is 4.62. The molecule has 0 radical (unpaired) electrons. The predicted octanol–water partition coefficient (Wildman–Crippen LogP) is 2.03. The molecule has 3 atom stereocenters. The highest BCUT2D eigenvalue weighted by Gasteiger charge is 2.37. The van der Waals surface area contributed by atoms with E-state index in [1.54, 1.807) is 0 Å². The van der Waals surface area contributed by atoms with Crippen LogP contribution in [0.3, 0.4) is 0 Å². The summed E-state index contributed by atoms with van der Waals surface area (Å²) in [5.41, 5.74) is 0.842. The van der Waals surface area contributed by atoms with E-state index in [2.05, 4.69) is 10.2 Å². The SMILES string of the molecule is O=C(O)C(NC1CCN2CCCCC12)c1ccccc1. The van der Waals surface area contributed by atoms with Crippen LogP contribution in [-0.2, 0) is 4.79 Å². The molecule has 3 rings (SSSR count). The van der Waals surface area contributed by atoms with E-state index in [1.165, 1.54) is 25.8 Å². The normalized spacial score (nSPS) is 28.0. The molecule has 0 aromatic heterocycles. The standard InChI is InChI=1S/C16H22N2O2/c19-16(20)15(12-6-2-1-3-7-12)17-13-9-11-18-10-5-4-8-14(13)18/h1-3,6-7,13-15,17H,4-5,8-11H2,(H,19,20). The van der Waals surface area contributed by atoms with Crippen LogP contribution < -0.4 is 5.32 Å². The molecule has 0 spiro atoms. The minimum Gasteiger partial charge on any atom is -0.480 e. The number of hydrogen-bond acceptors (Lipinski definition) is 3. The Morgan fingerprint density at radius 2 is 2.00 bits per heavy atom. The molecule has 2 heterocycles.